The molecule has 0 heterocycles. The second-order valence-electron chi connectivity index (χ2n) is 4.29. The van der Waals surface area contributed by atoms with E-state index in [9.17, 15) is 4.79 Å². The Morgan fingerprint density at radius 1 is 1.50 bits per heavy atom. The molecule has 1 saturated carbocycles. The molecule has 0 aromatic carbocycles. The second-order valence-corrected chi connectivity index (χ2v) is 5.39. The van der Waals surface area contributed by atoms with Gasteiger partial charge < -0.3 is 9.47 Å². The van der Waals surface area contributed by atoms with E-state index in [0.29, 0.717) is 12.6 Å². The first-order chi connectivity index (χ1) is 7.62. The highest BCUT2D eigenvalue weighted by Crippen LogP contribution is 2.25. The van der Waals surface area contributed by atoms with Crippen LogP contribution in [0.2, 0.25) is 0 Å². The van der Waals surface area contributed by atoms with Gasteiger partial charge in [-0.25, -0.2) is 0 Å². The molecule has 0 saturated heterocycles. The van der Waals surface area contributed by atoms with Crippen LogP contribution >= 0.6 is 11.8 Å². The maximum Gasteiger partial charge on any atom is 0.326 e. The van der Waals surface area contributed by atoms with Crippen LogP contribution in [-0.2, 0) is 14.3 Å². The van der Waals surface area contributed by atoms with Crippen LogP contribution in [-0.4, -0.2) is 49.9 Å². The first kappa shape index (κ1) is 13.8. The van der Waals surface area contributed by atoms with E-state index in [1.165, 1.54) is 7.11 Å². The van der Waals surface area contributed by atoms with Crippen LogP contribution in [0.1, 0.15) is 19.8 Å². The Kier molecular flexibility index (Phi) is 5.58. The quantitative estimate of drug-likeness (QED) is 0.513. The van der Waals surface area contributed by atoms with Crippen molar-refractivity contribution < 1.29 is 14.3 Å². The van der Waals surface area contributed by atoms with E-state index in [4.69, 9.17) is 9.47 Å². The molecule has 94 valence electrons. The van der Waals surface area contributed by atoms with Gasteiger partial charge in [-0.15, -0.1) is 0 Å². The molecule has 0 radical (unpaired) electrons. The van der Waals surface area contributed by atoms with Crippen molar-refractivity contribution in [1.29, 1.82) is 0 Å². The molecule has 0 aliphatic heterocycles. The minimum Gasteiger partial charge on any atom is -0.468 e. The number of methoxy groups -OCH3 is 2. The number of rotatable bonds is 8. The Balaban J connectivity index is 2.38. The lowest BCUT2D eigenvalue weighted by Gasteiger charge is -2.27. The highest BCUT2D eigenvalue weighted by Gasteiger charge is 2.39. The Morgan fingerprint density at radius 3 is 2.69 bits per heavy atom. The molecule has 1 aliphatic rings. The van der Waals surface area contributed by atoms with Gasteiger partial charge >= 0.3 is 5.97 Å². The Labute approximate surface area is 101 Å². The second kappa shape index (κ2) is 6.47. The number of carbonyl (C=O) groups excluding carboxylic acids is 1. The zero-order chi connectivity index (χ0) is 12.0. The van der Waals surface area contributed by atoms with Gasteiger partial charge in [-0.1, -0.05) is 0 Å². The van der Waals surface area contributed by atoms with Gasteiger partial charge in [0.05, 0.1) is 13.7 Å². The van der Waals surface area contributed by atoms with Crippen LogP contribution in [0.4, 0.5) is 0 Å². The molecule has 1 fully saturated rings. The van der Waals surface area contributed by atoms with E-state index in [2.05, 4.69) is 5.32 Å². The number of ether oxygens (including phenoxy) is 2. The molecule has 1 aliphatic carbocycles. The number of carbonyl (C=O) groups is 1. The van der Waals surface area contributed by atoms with E-state index in [1.807, 2.05) is 6.92 Å². The molecule has 0 bridgehead atoms. The van der Waals surface area contributed by atoms with E-state index in [0.717, 1.165) is 24.3 Å². The lowest BCUT2D eigenvalue weighted by Crippen LogP contribution is -2.53. The van der Waals surface area contributed by atoms with E-state index >= 15 is 0 Å². The van der Waals surface area contributed by atoms with Gasteiger partial charge in [-0.05, 0) is 19.8 Å². The van der Waals surface area contributed by atoms with Crippen molar-refractivity contribution in [3.63, 3.8) is 0 Å². The van der Waals surface area contributed by atoms with Crippen molar-refractivity contribution in [2.75, 3.05) is 32.3 Å². The van der Waals surface area contributed by atoms with Gasteiger partial charge in [0.15, 0.2) is 0 Å². The van der Waals surface area contributed by atoms with Gasteiger partial charge in [-0.2, -0.15) is 11.8 Å². The molecule has 1 N–H and O–H groups in total. The van der Waals surface area contributed by atoms with Crippen molar-refractivity contribution in [1.82, 2.24) is 5.32 Å². The van der Waals surface area contributed by atoms with E-state index in [1.54, 1.807) is 18.9 Å². The summed E-state index contributed by atoms with van der Waals surface area (Å²) in [5.74, 6) is 1.44. The molecule has 0 aromatic rings. The van der Waals surface area contributed by atoms with Crippen LogP contribution < -0.4 is 5.32 Å². The standard InChI is InChI=1S/C11H21NO3S/c1-11(10(13)15-3,12-9-4-5-9)8-16-7-6-14-2/h9,12H,4-8H2,1-3H3. The lowest BCUT2D eigenvalue weighted by molar-refractivity contribution is -0.147. The Bertz CT molecular complexity index is 233. The first-order valence-corrected chi connectivity index (χ1v) is 6.70. The van der Waals surface area contributed by atoms with Crippen LogP contribution in [0, 0.1) is 0 Å². The number of thioether (sulfide) groups is 1. The summed E-state index contributed by atoms with van der Waals surface area (Å²) in [6.07, 6.45) is 2.32. The van der Waals surface area contributed by atoms with Gasteiger partial charge in [0.1, 0.15) is 5.54 Å². The van der Waals surface area contributed by atoms with Crippen molar-refractivity contribution in [3.05, 3.63) is 0 Å². The third-order valence-electron chi connectivity index (χ3n) is 2.56. The molecule has 0 aromatic heterocycles. The zero-order valence-corrected chi connectivity index (χ0v) is 11.1. The highest BCUT2D eigenvalue weighted by atomic mass is 32.2. The summed E-state index contributed by atoms with van der Waals surface area (Å²) < 4.78 is 9.83. The minimum atomic E-state index is -0.561. The summed E-state index contributed by atoms with van der Waals surface area (Å²) in [7, 11) is 3.12. The molecular weight excluding hydrogens is 226 g/mol. The van der Waals surface area contributed by atoms with Gasteiger partial charge in [0.2, 0.25) is 0 Å². The average molecular weight is 247 g/mol. The summed E-state index contributed by atoms with van der Waals surface area (Å²) in [4.78, 5) is 11.7. The summed E-state index contributed by atoms with van der Waals surface area (Å²) in [6, 6.07) is 0.493. The summed E-state index contributed by atoms with van der Waals surface area (Å²) in [5.41, 5.74) is -0.561. The average Bonchev–Trinajstić information content (AvgIpc) is 3.07. The van der Waals surface area contributed by atoms with Crippen molar-refractivity contribution in [2.45, 2.75) is 31.3 Å². The summed E-state index contributed by atoms with van der Waals surface area (Å²) >= 11 is 1.71. The topological polar surface area (TPSA) is 47.6 Å². The van der Waals surface area contributed by atoms with Crippen LogP contribution in [0.15, 0.2) is 0 Å². The molecule has 1 rings (SSSR count). The third-order valence-corrected chi connectivity index (χ3v) is 3.80. The van der Waals surface area contributed by atoms with Crippen LogP contribution in [0.3, 0.4) is 0 Å². The number of hydrogen-bond donors (Lipinski definition) is 1. The van der Waals surface area contributed by atoms with E-state index < -0.39 is 5.54 Å². The highest BCUT2D eigenvalue weighted by molar-refractivity contribution is 7.99. The van der Waals surface area contributed by atoms with Gasteiger partial charge in [0.25, 0.3) is 0 Å². The largest absolute Gasteiger partial charge is 0.468 e. The Hall–Kier alpha value is -0.260. The molecule has 1 atom stereocenters. The predicted molar refractivity (Wildman–Crippen MR) is 65.8 cm³/mol. The summed E-state index contributed by atoms with van der Waals surface area (Å²) in [6.45, 7) is 2.63. The van der Waals surface area contributed by atoms with Gasteiger partial charge in [0, 0.05) is 24.7 Å². The normalized spacial score (nSPS) is 19.2. The zero-order valence-electron chi connectivity index (χ0n) is 10.2. The molecule has 0 amide bonds. The van der Waals surface area contributed by atoms with Crippen molar-refractivity contribution in [3.8, 4) is 0 Å². The fourth-order valence-corrected chi connectivity index (χ4v) is 2.52. The lowest BCUT2D eigenvalue weighted by atomic mass is 10.1. The van der Waals surface area contributed by atoms with Gasteiger partial charge in [-0.3, -0.25) is 10.1 Å². The Morgan fingerprint density at radius 2 is 2.19 bits per heavy atom. The molecular formula is C11H21NO3S. The number of esters is 1. The molecule has 4 nitrogen and oxygen atoms in total. The molecule has 5 heteroatoms. The SMILES string of the molecule is COCCSCC(C)(NC1CC1)C(=O)OC. The fraction of sp³-hybridized carbons (Fsp3) is 0.909. The fourth-order valence-electron chi connectivity index (χ4n) is 1.48. The monoisotopic (exact) mass is 247 g/mol. The summed E-state index contributed by atoms with van der Waals surface area (Å²) in [5, 5.41) is 3.36. The van der Waals surface area contributed by atoms with Crippen LogP contribution in [0.25, 0.3) is 0 Å². The molecule has 1 unspecified atom stereocenters. The molecule has 0 spiro atoms. The number of nitrogens with one attached hydrogen (secondary N) is 1. The van der Waals surface area contributed by atoms with Crippen LogP contribution in [0.5, 0.6) is 0 Å². The predicted octanol–water partition coefficient (Wildman–Crippen LogP) is 1.05. The maximum absolute atomic E-state index is 11.7. The third kappa shape index (κ3) is 4.31. The minimum absolute atomic E-state index is 0.177. The van der Waals surface area contributed by atoms with Crippen molar-refractivity contribution >= 4 is 17.7 Å². The smallest absolute Gasteiger partial charge is 0.326 e. The van der Waals surface area contributed by atoms with E-state index in [-0.39, 0.29) is 5.97 Å². The molecule has 16 heavy (non-hydrogen) atoms. The maximum atomic E-state index is 11.7. The first-order valence-electron chi connectivity index (χ1n) is 5.55. The van der Waals surface area contributed by atoms with Crippen molar-refractivity contribution in [2.24, 2.45) is 0 Å². The number of hydrogen-bond acceptors (Lipinski definition) is 5.